The summed E-state index contributed by atoms with van der Waals surface area (Å²) in [4.78, 5) is 12.0. The van der Waals surface area contributed by atoms with Crippen LogP contribution in [0.15, 0.2) is 97.2 Å². The number of ether oxygens (including phenoxy) is 2. The average Bonchev–Trinajstić information content (AvgIpc) is 2.98. The second-order valence-corrected chi connectivity index (χ2v) is 9.76. The highest BCUT2D eigenvalue weighted by atomic mass is 16.6. The number of carbonyl (C=O) groups is 1. The molecule has 1 unspecified atom stereocenters. The van der Waals surface area contributed by atoms with E-state index in [4.69, 9.17) is 9.47 Å². The molecule has 0 amide bonds. The molecule has 0 saturated carbocycles. The van der Waals surface area contributed by atoms with Gasteiger partial charge in [-0.15, -0.1) is 0 Å². The van der Waals surface area contributed by atoms with Crippen molar-refractivity contribution in [1.82, 2.24) is 0 Å². The zero-order valence-corrected chi connectivity index (χ0v) is 26.0. The molecular weight excluding hydrogens is 508 g/mol. The van der Waals surface area contributed by atoms with Crippen molar-refractivity contribution < 1.29 is 19.4 Å². The molecule has 0 aliphatic carbocycles. The zero-order valence-electron chi connectivity index (χ0n) is 26.0. The number of rotatable bonds is 27. The van der Waals surface area contributed by atoms with Crippen LogP contribution in [0.4, 0.5) is 0 Å². The highest BCUT2D eigenvalue weighted by Gasteiger charge is 2.13. The summed E-state index contributed by atoms with van der Waals surface area (Å²) in [7, 11) is 0. The van der Waals surface area contributed by atoms with E-state index in [9.17, 15) is 9.90 Å². The number of carbonyl (C=O) groups excluding carboxylic acids is 1. The Labute approximate surface area is 252 Å². The molecule has 0 aliphatic rings. The number of esters is 1. The Kier molecular flexibility index (Phi) is 31.3. The first kappa shape index (κ1) is 38.3. The van der Waals surface area contributed by atoms with Crippen LogP contribution in [0.1, 0.15) is 104 Å². The molecule has 1 N–H and O–H groups in total. The molecule has 41 heavy (non-hydrogen) atoms. The minimum atomic E-state index is -0.593. The number of aliphatic hydroxyl groups is 1. The summed E-state index contributed by atoms with van der Waals surface area (Å²) in [5.41, 5.74) is 0. The Morgan fingerprint density at radius 1 is 0.585 bits per heavy atom. The summed E-state index contributed by atoms with van der Waals surface area (Å²) < 4.78 is 11.0. The van der Waals surface area contributed by atoms with Crippen LogP contribution in [0.25, 0.3) is 0 Å². The fourth-order valence-electron chi connectivity index (χ4n) is 3.62. The van der Waals surface area contributed by atoms with Gasteiger partial charge in [0.2, 0.25) is 0 Å². The van der Waals surface area contributed by atoms with Crippen LogP contribution >= 0.6 is 0 Å². The largest absolute Gasteiger partial charge is 0.457 e. The summed E-state index contributed by atoms with van der Waals surface area (Å²) in [6, 6.07) is 0. The fraction of sp³-hybridized carbons (Fsp3) is 0.541. The number of hydrogen-bond acceptors (Lipinski definition) is 4. The lowest BCUT2D eigenvalue weighted by Crippen LogP contribution is -2.27. The van der Waals surface area contributed by atoms with E-state index in [2.05, 4.69) is 105 Å². The number of aliphatic hydroxyl groups excluding tert-OH is 1. The molecule has 0 aromatic rings. The van der Waals surface area contributed by atoms with Crippen molar-refractivity contribution in [2.45, 2.75) is 110 Å². The molecule has 230 valence electrons. The van der Waals surface area contributed by atoms with E-state index in [0.717, 1.165) is 77.0 Å². The molecule has 0 rings (SSSR count). The first-order chi connectivity index (χ1) is 20.2. The van der Waals surface area contributed by atoms with E-state index >= 15 is 0 Å². The van der Waals surface area contributed by atoms with E-state index in [1.807, 2.05) is 6.08 Å². The summed E-state index contributed by atoms with van der Waals surface area (Å²) in [5.74, 6) is -0.298. The summed E-state index contributed by atoms with van der Waals surface area (Å²) in [6.07, 6.45) is 47.4. The predicted octanol–water partition coefficient (Wildman–Crippen LogP) is 9.86. The maximum absolute atomic E-state index is 12.0. The Morgan fingerprint density at radius 3 is 1.49 bits per heavy atom. The summed E-state index contributed by atoms with van der Waals surface area (Å²) in [6.45, 7) is 4.92. The summed E-state index contributed by atoms with van der Waals surface area (Å²) >= 11 is 0. The van der Waals surface area contributed by atoms with Gasteiger partial charge in [-0.1, -0.05) is 117 Å². The molecule has 0 aromatic heterocycles. The molecule has 0 aliphatic heterocycles. The lowest BCUT2D eigenvalue weighted by molar-refractivity contribution is -0.154. The summed E-state index contributed by atoms with van der Waals surface area (Å²) in [5, 5.41) is 9.50. The van der Waals surface area contributed by atoms with Gasteiger partial charge in [-0.3, -0.25) is 4.79 Å². The highest BCUT2D eigenvalue weighted by Crippen LogP contribution is 2.05. The molecule has 1 atom stereocenters. The molecular formula is C37H58O4. The van der Waals surface area contributed by atoms with Gasteiger partial charge in [0.15, 0.2) is 0 Å². The number of hydrogen-bond donors (Lipinski definition) is 1. The van der Waals surface area contributed by atoms with Gasteiger partial charge in [-0.2, -0.15) is 0 Å². The normalized spacial score (nSPS) is 13.7. The Balaban J connectivity index is 3.69. The van der Waals surface area contributed by atoms with Gasteiger partial charge in [0.25, 0.3) is 0 Å². The maximum Gasteiger partial charge on any atom is 0.306 e. The topological polar surface area (TPSA) is 55.8 Å². The van der Waals surface area contributed by atoms with Gasteiger partial charge in [-0.25, -0.2) is 0 Å². The van der Waals surface area contributed by atoms with E-state index in [-0.39, 0.29) is 19.2 Å². The third-order valence-corrected chi connectivity index (χ3v) is 5.92. The van der Waals surface area contributed by atoms with Gasteiger partial charge < -0.3 is 14.6 Å². The third kappa shape index (κ3) is 31.7. The molecule has 0 aromatic carbocycles. The average molecular weight is 567 g/mol. The first-order valence-electron chi connectivity index (χ1n) is 15.8. The van der Waals surface area contributed by atoms with Gasteiger partial charge in [-0.05, 0) is 77.0 Å². The van der Waals surface area contributed by atoms with Crippen LogP contribution in [-0.4, -0.2) is 37.0 Å². The lowest BCUT2D eigenvalue weighted by atomic mass is 10.2. The number of unbranched alkanes of at least 4 members (excludes halogenated alkanes) is 3. The van der Waals surface area contributed by atoms with Crippen molar-refractivity contribution in [2.24, 2.45) is 0 Å². The second-order valence-electron chi connectivity index (χ2n) is 9.76. The smallest absolute Gasteiger partial charge is 0.306 e. The maximum atomic E-state index is 12.0. The first-order valence-corrected chi connectivity index (χ1v) is 15.8. The van der Waals surface area contributed by atoms with Crippen molar-refractivity contribution in [3.05, 3.63) is 97.2 Å². The van der Waals surface area contributed by atoms with Gasteiger partial charge in [0.05, 0.1) is 13.2 Å². The van der Waals surface area contributed by atoms with Crippen LogP contribution in [0.3, 0.4) is 0 Å². The van der Waals surface area contributed by atoms with Crippen molar-refractivity contribution in [2.75, 3.05) is 19.8 Å². The third-order valence-electron chi connectivity index (χ3n) is 5.92. The molecule has 0 radical (unpaired) electrons. The molecule has 0 spiro atoms. The Bertz CT molecular complexity index is 811. The minimum absolute atomic E-state index is 0.221. The van der Waals surface area contributed by atoms with Gasteiger partial charge in [0.1, 0.15) is 6.10 Å². The van der Waals surface area contributed by atoms with E-state index < -0.39 is 6.10 Å². The Hall–Kier alpha value is -2.69. The second kappa shape index (κ2) is 33.5. The molecule has 0 heterocycles. The van der Waals surface area contributed by atoms with Crippen LogP contribution < -0.4 is 0 Å². The quantitative estimate of drug-likeness (QED) is 0.0611. The van der Waals surface area contributed by atoms with E-state index in [1.54, 1.807) is 0 Å². The molecule has 4 heteroatoms. The van der Waals surface area contributed by atoms with E-state index in [0.29, 0.717) is 19.4 Å². The Morgan fingerprint density at radius 2 is 1.02 bits per heavy atom. The van der Waals surface area contributed by atoms with Crippen LogP contribution in [-0.2, 0) is 14.3 Å². The zero-order chi connectivity index (χ0) is 29.9. The monoisotopic (exact) mass is 566 g/mol. The van der Waals surface area contributed by atoms with E-state index in [1.165, 1.54) is 0 Å². The predicted molar refractivity (Wildman–Crippen MR) is 177 cm³/mol. The molecule has 0 bridgehead atoms. The van der Waals surface area contributed by atoms with Crippen molar-refractivity contribution >= 4 is 5.97 Å². The lowest BCUT2D eigenvalue weighted by Gasteiger charge is -2.15. The van der Waals surface area contributed by atoms with Crippen LogP contribution in [0.5, 0.6) is 0 Å². The van der Waals surface area contributed by atoms with Crippen molar-refractivity contribution in [1.29, 1.82) is 0 Å². The van der Waals surface area contributed by atoms with Gasteiger partial charge in [0, 0.05) is 13.0 Å². The minimum Gasteiger partial charge on any atom is -0.457 e. The van der Waals surface area contributed by atoms with Crippen molar-refractivity contribution in [3.8, 4) is 0 Å². The standard InChI is InChI=1S/C37H58O4/c1-3-5-7-9-11-13-15-17-18-19-21-23-25-27-29-31-33-40-35-36(34-38)41-37(39)32-30-28-26-24-22-20-16-14-12-10-8-6-4-2/h5-8,11-14,17-18,20-23,26,28,36,38H,3-4,9-10,15-16,19,24-25,27,29-35H2,1-2H3/b7-5-,8-6-,13-11-,14-12-,18-17-,22-20-,23-21-,28-26-. The SMILES string of the molecule is CC/C=C\C/C=C\C/C=C\C/C=C\CCCCCOCC(CO)OC(=O)CC/C=C\C/C=C\C/C=C\C/C=C\CC. The number of allylic oxidation sites excluding steroid dienone is 16. The fourth-order valence-corrected chi connectivity index (χ4v) is 3.62. The van der Waals surface area contributed by atoms with Gasteiger partial charge >= 0.3 is 5.97 Å². The molecule has 4 nitrogen and oxygen atoms in total. The molecule has 0 fully saturated rings. The van der Waals surface area contributed by atoms with Crippen LogP contribution in [0.2, 0.25) is 0 Å². The highest BCUT2D eigenvalue weighted by molar-refractivity contribution is 5.69. The van der Waals surface area contributed by atoms with Crippen molar-refractivity contribution in [3.63, 3.8) is 0 Å². The van der Waals surface area contributed by atoms with Crippen LogP contribution in [0, 0.1) is 0 Å². The molecule has 0 saturated heterocycles.